The number of carbonyl (C=O) groups excluding carboxylic acids is 2. The van der Waals surface area contributed by atoms with Gasteiger partial charge in [0.1, 0.15) is 0 Å². The molecule has 3 heterocycles. The first kappa shape index (κ1) is 17.9. The van der Waals surface area contributed by atoms with E-state index in [4.69, 9.17) is 9.47 Å². The molecule has 28 heavy (non-hydrogen) atoms. The van der Waals surface area contributed by atoms with Crippen LogP contribution in [0, 0.1) is 0 Å². The number of rotatable bonds is 4. The van der Waals surface area contributed by atoms with Crippen LogP contribution in [0.4, 0.5) is 4.79 Å². The Labute approximate surface area is 174 Å². The second-order valence-corrected chi connectivity index (χ2v) is 15.9. The second kappa shape index (κ2) is 6.74. The Balaban J connectivity index is 1.55. The number of ether oxygens (including phenoxy) is 2. The first-order valence-corrected chi connectivity index (χ1v) is 14.7. The number of imide groups is 1. The molecule has 5 rings (SSSR count). The Morgan fingerprint density at radius 3 is 2.57 bits per heavy atom. The minimum absolute atomic E-state index is 0.243. The Bertz CT molecular complexity index is 1120. The predicted molar refractivity (Wildman–Crippen MR) is 111 cm³/mol. The third-order valence-electron chi connectivity index (χ3n) is 5.45. The molecule has 0 radical (unpaired) electrons. The predicted octanol–water partition coefficient (Wildman–Crippen LogP) is 2.83. The summed E-state index contributed by atoms with van der Waals surface area (Å²) in [5, 5.41) is 2.15. The first-order chi connectivity index (χ1) is 13.6. The third kappa shape index (κ3) is 2.63. The van der Waals surface area contributed by atoms with Crippen molar-refractivity contribution in [2.24, 2.45) is 0 Å². The quantitative estimate of drug-likeness (QED) is 0.665. The van der Waals surface area contributed by atoms with E-state index in [1.165, 1.54) is 15.5 Å². The van der Waals surface area contributed by atoms with Crippen molar-refractivity contribution in [3.05, 3.63) is 61.3 Å². The summed E-state index contributed by atoms with van der Waals surface area (Å²) in [6.45, 7) is 0. The van der Waals surface area contributed by atoms with Crippen molar-refractivity contribution in [3.8, 4) is 11.5 Å². The molecule has 0 spiro atoms. The first-order valence-electron chi connectivity index (χ1n) is 8.92. The van der Waals surface area contributed by atoms with Gasteiger partial charge in [-0.3, -0.25) is 0 Å². The molecule has 0 aromatic heterocycles. The number of hydrogen-bond acceptors (Lipinski definition) is 5. The summed E-state index contributed by atoms with van der Waals surface area (Å²) in [7, 11) is 3.27. The van der Waals surface area contributed by atoms with Crippen LogP contribution in [0.1, 0.15) is 16.7 Å². The fraction of sp³-hybridized carbons (Fsp3) is 0.143. The number of nitrogens with one attached hydrogen (secondary N) is 1. The summed E-state index contributed by atoms with van der Waals surface area (Å²) in [5.74, 6) is 1.19. The topological polar surface area (TPSA) is 64.6 Å². The summed E-state index contributed by atoms with van der Waals surface area (Å²) in [5.41, 5.74) is 3.57. The average molecular weight is 493 g/mol. The van der Waals surface area contributed by atoms with Crippen molar-refractivity contribution in [2.45, 2.75) is 6.42 Å². The molecular weight excluding hydrogens is 477 g/mol. The van der Waals surface area contributed by atoms with Crippen LogP contribution in [0.5, 0.6) is 11.5 Å². The molecule has 0 saturated carbocycles. The van der Waals surface area contributed by atoms with Gasteiger partial charge in [0.05, 0.1) is 0 Å². The number of hydrogen-bond donors (Lipinski definition) is 1. The number of allylic oxidation sites excluding steroid dienone is 1. The molecule has 2 aromatic carbocycles. The SMILES string of the molecule is COc1ccc(C[C]2=Cc3c4ccc[c]3[In]2/[C]4=C2\SC(=O)NC2=O)cc1OC. The van der Waals surface area contributed by atoms with Crippen LogP contribution in [0.2, 0.25) is 0 Å². The van der Waals surface area contributed by atoms with Crippen LogP contribution in [0.15, 0.2) is 44.6 Å². The molecule has 1 N–H and O–H groups in total. The van der Waals surface area contributed by atoms with Gasteiger partial charge in [-0.25, -0.2) is 0 Å². The summed E-state index contributed by atoms with van der Waals surface area (Å²) in [4.78, 5) is 24.7. The molecule has 0 unspecified atom stereocenters. The average Bonchev–Trinajstić information content (AvgIpc) is 3.26. The molecule has 2 amide bonds. The van der Waals surface area contributed by atoms with E-state index in [-0.39, 0.29) is 11.1 Å². The molecule has 0 aliphatic carbocycles. The maximum absolute atomic E-state index is 12.4. The van der Waals surface area contributed by atoms with Gasteiger partial charge in [-0.15, -0.1) is 0 Å². The van der Waals surface area contributed by atoms with Crippen LogP contribution in [0.25, 0.3) is 9.41 Å². The monoisotopic (exact) mass is 493 g/mol. The van der Waals surface area contributed by atoms with E-state index in [2.05, 4.69) is 35.7 Å². The Kier molecular flexibility index (Phi) is 4.32. The normalized spacial score (nSPS) is 19.2. The zero-order valence-corrected chi connectivity index (χ0v) is 19.5. The van der Waals surface area contributed by atoms with E-state index >= 15 is 0 Å². The molecule has 5 nitrogen and oxygen atoms in total. The van der Waals surface area contributed by atoms with E-state index in [1.54, 1.807) is 14.2 Å². The van der Waals surface area contributed by atoms with Gasteiger partial charge < -0.3 is 0 Å². The van der Waals surface area contributed by atoms with Crippen molar-refractivity contribution >= 4 is 57.1 Å². The van der Waals surface area contributed by atoms with E-state index < -0.39 is 21.4 Å². The maximum atomic E-state index is 12.4. The Morgan fingerprint density at radius 1 is 1.07 bits per heavy atom. The van der Waals surface area contributed by atoms with Crippen LogP contribution < -0.4 is 18.1 Å². The Morgan fingerprint density at radius 2 is 1.89 bits per heavy atom. The van der Waals surface area contributed by atoms with Gasteiger partial charge in [0.25, 0.3) is 0 Å². The molecule has 3 aliphatic heterocycles. The number of amides is 2. The van der Waals surface area contributed by atoms with Crippen LogP contribution in [-0.2, 0) is 11.2 Å². The van der Waals surface area contributed by atoms with Gasteiger partial charge >= 0.3 is 175 Å². The summed E-state index contributed by atoms with van der Waals surface area (Å²) < 4.78 is 14.8. The van der Waals surface area contributed by atoms with Crippen LogP contribution in [-0.4, -0.2) is 46.8 Å². The summed E-state index contributed by atoms with van der Waals surface area (Å²) >= 11 is -1.53. The van der Waals surface area contributed by atoms with Crippen LogP contribution >= 0.6 is 11.8 Å². The van der Waals surface area contributed by atoms with Gasteiger partial charge in [0.2, 0.25) is 0 Å². The van der Waals surface area contributed by atoms with E-state index in [9.17, 15) is 9.59 Å². The van der Waals surface area contributed by atoms with Crippen molar-refractivity contribution in [3.63, 3.8) is 0 Å². The van der Waals surface area contributed by atoms with E-state index in [0.29, 0.717) is 10.7 Å². The standard InChI is InChI=1S/C21H16NO4S.In/c1-25-17-11-10-14(12-18(17)26-2)6-5-9-15-7-3-4-8-16(15)13-19-20(23)22-21(24)27-19;/h3-4,8-12H,6H2,1-2H3,(H,22,23,24);. The van der Waals surface area contributed by atoms with Crippen molar-refractivity contribution < 1.29 is 19.1 Å². The van der Waals surface area contributed by atoms with Gasteiger partial charge in [-0.05, 0) is 0 Å². The minimum atomic E-state index is -2.58. The number of benzene rings is 2. The van der Waals surface area contributed by atoms with Gasteiger partial charge in [-0.1, -0.05) is 0 Å². The molecule has 0 atom stereocenters. The molecule has 1 fully saturated rings. The number of carbonyl (C=O) groups is 2. The molecule has 138 valence electrons. The Hall–Kier alpha value is -2.12. The van der Waals surface area contributed by atoms with Crippen molar-refractivity contribution in [1.82, 2.24) is 5.32 Å². The van der Waals surface area contributed by atoms with E-state index in [1.807, 2.05) is 12.1 Å². The molecule has 1 saturated heterocycles. The molecular formula is C21H16InNO4S. The fourth-order valence-electron chi connectivity index (χ4n) is 4.32. The van der Waals surface area contributed by atoms with Crippen molar-refractivity contribution in [1.29, 1.82) is 0 Å². The molecule has 3 aliphatic rings. The molecule has 7 heteroatoms. The van der Waals surface area contributed by atoms with Crippen molar-refractivity contribution in [2.75, 3.05) is 14.2 Å². The fourth-order valence-corrected chi connectivity index (χ4v) is 16.8. The summed E-state index contributed by atoms with van der Waals surface area (Å²) in [6, 6.07) is 12.4. The molecule has 2 aromatic rings. The summed E-state index contributed by atoms with van der Waals surface area (Å²) in [6.07, 6.45) is 3.14. The van der Waals surface area contributed by atoms with Gasteiger partial charge in [0, 0.05) is 0 Å². The van der Waals surface area contributed by atoms with Gasteiger partial charge in [0.15, 0.2) is 0 Å². The zero-order chi connectivity index (χ0) is 19.4. The zero-order valence-electron chi connectivity index (χ0n) is 15.4. The second-order valence-electron chi connectivity index (χ2n) is 6.91. The van der Waals surface area contributed by atoms with Crippen LogP contribution in [0.3, 0.4) is 0 Å². The third-order valence-corrected chi connectivity index (χ3v) is 16.7. The molecule has 4 bridgehead atoms. The number of thioether (sulfide) groups is 1. The van der Waals surface area contributed by atoms with E-state index in [0.717, 1.165) is 35.1 Å². The number of methoxy groups -OCH3 is 2. The van der Waals surface area contributed by atoms with Gasteiger partial charge in [-0.2, -0.15) is 0 Å².